The lowest BCUT2D eigenvalue weighted by Crippen LogP contribution is -2.32. The Morgan fingerprint density at radius 2 is 2.00 bits per heavy atom. The summed E-state index contributed by atoms with van der Waals surface area (Å²) in [6.45, 7) is 0. The summed E-state index contributed by atoms with van der Waals surface area (Å²) in [5.41, 5.74) is 0. The van der Waals surface area contributed by atoms with Crippen LogP contribution in [0.15, 0.2) is 0 Å². The molecule has 2 rings (SSSR count). The van der Waals surface area contributed by atoms with Gasteiger partial charge in [0.05, 0.1) is 6.10 Å². The molecule has 0 N–H and O–H groups in total. The highest BCUT2D eigenvalue weighted by Crippen LogP contribution is 2.47. The molecule has 2 saturated heterocycles. The maximum Gasteiger partial charge on any atom is 0.123 e. The summed E-state index contributed by atoms with van der Waals surface area (Å²) in [7, 11) is 0. The van der Waals surface area contributed by atoms with Gasteiger partial charge in [0.25, 0.3) is 0 Å². The lowest BCUT2D eigenvalue weighted by Gasteiger charge is -2.30. The molecule has 10 heavy (non-hydrogen) atoms. The van der Waals surface area contributed by atoms with E-state index in [0.29, 0.717) is 10.9 Å². The molecule has 0 saturated carbocycles. The molecule has 2 aliphatic heterocycles. The lowest BCUT2D eigenvalue weighted by molar-refractivity contribution is -0.00664. The van der Waals surface area contributed by atoms with Crippen molar-refractivity contribution in [3.05, 3.63) is 0 Å². The normalized spacial score (nSPS) is 53.4. The topological polar surface area (TPSA) is 9.23 Å². The van der Waals surface area contributed by atoms with Crippen molar-refractivity contribution in [3.63, 3.8) is 0 Å². The Hall–Kier alpha value is 0.920. The second-order valence-corrected chi connectivity index (χ2v) is 5.75. The molecule has 0 aromatic heterocycles. The number of ether oxygens (including phenoxy) is 1. The van der Waals surface area contributed by atoms with Crippen molar-refractivity contribution in [1.29, 1.82) is 0 Å². The van der Waals surface area contributed by atoms with Crippen molar-refractivity contribution in [3.8, 4) is 0 Å². The van der Waals surface area contributed by atoms with E-state index in [1.54, 1.807) is 0 Å². The minimum atomic E-state index is 0.0575. The van der Waals surface area contributed by atoms with E-state index < -0.39 is 0 Å². The Morgan fingerprint density at radius 3 is 2.70 bits per heavy atom. The van der Waals surface area contributed by atoms with Crippen LogP contribution in [0.3, 0.4) is 0 Å². The first-order valence-corrected chi connectivity index (χ1v) is 5.41. The number of fused-ring (bicyclic) bond motifs is 2. The quantitative estimate of drug-likeness (QED) is 0.615. The van der Waals surface area contributed by atoms with Gasteiger partial charge in [0.1, 0.15) is 4.51 Å². The summed E-state index contributed by atoms with van der Waals surface area (Å²) >= 11 is 7.24. The summed E-state index contributed by atoms with van der Waals surface area (Å²) in [4.78, 5) is 0.598. The van der Waals surface area contributed by atoms with Crippen molar-refractivity contribution >= 4 is 31.9 Å². The molecule has 0 radical (unpaired) electrons. The Morgan fingerprint density at radius 1 is 1.30 bits per heavy atom. The number of hydrogen-bond acceptors (Lipinski definition) is 1. The standard InChI is InChI=1S/C7H10Br2O/c8-5-1-3-7(9)4-2-6(5)10-7/h5-6H,1-4H2. The van der Waals surface area contributed by atoms with E-state index in [-0.39, 0.29) is 4.51 Å². The van der Waals surface area contributed by atoms with Crippen LogP contribution >= 0.6 is 31.9 Å². The SMILES string of the molecule is BrC1CCC2(Br)CCC1O2. The molecule has 3 unspecified atom stereocenters. The molecule has 2 bridgehead atoms. The molecule has 2 aliphatic rings. The first-order valence-electron chi connectivity index (χ1n) is 3.70. The zero-order valence-electron chi connectivity index (χ0n) is 5.65. The second kappa shape index (κ2) is 2.46. The number of alkyl halides is 2. The summed E-state index contributed by atoms with van der Waals surface area (Å²) < 4.78 is 5.82. The van der Waals surface area contributed by atoms with Crippen molar-refractivity contribution in [2.24, 2.45) is 0 Å². The van der Waals surface area contributed by atoms with Crippen LogP contribution in [0.1, 0.15) is 25.7 Å². The molecule has 3 heteroatoms. The number of hydrogen-bond donors (Lipinski definition) is 0. The Kier molecular flexibility index (Phi) is 1.86. The van der Waals surface area contributed by atoms with E-state index >= 15 is 0 Å². The molecule has 0 aromatic carbocycles. The molecule has 1 nitrogen and oxygen atoms in total. The molecule has 0 aliphatic carbocycles. The van der Waals surface area contributed by atoms with Gasteiger partial charge < -0.3 is 4.74 Å². The Bertz CT molecular complexity index is 151. The minimum Gasteiger partial charge on any atom is -0.359 e. The third-order valence-corrected chi connectivity index (χ3v) is 4.39. The molecule has 2 heterocycles. The van der Waals surface area contributed by atoms with Gasteiger partial charge in [-0.25, -0.2) is 0 Å². The van der Waals surface area contributed by atoms with E-state index in [9.17, 15) is 0 Å². The van der Waals surface area contributed by atoms with Crippen molar-refractivity contribution < 1.29 is 4.74 Å². The molecule has 0 amide bonds. The number of rotatable bonds is 0. The van der Waals surface area contributed by atoms with Crippen LogP contribution in [0.4, 0.5) is 0 Å². The van der Waals surface area contributed by atoms with Gasteiger partial charge in [0, 0.05) is 4.83 Å². The fourth-order valence-corrected chi connectivity index (χ4v) is 3.02. The highest BCUT2D eigenvalue weighted by molar-refractivity contribution is 9.10. The largest absolute Gasteiger partial charge is 0.359 e. The maximum atomic E-state index is 5.77. The summed E-state index contributed by atoms with van der Waals surface area (Å²) in [6, 6.07) is 0. The predicted octanol–water partition coefficient (Wildman–Crippen LogP) is 2.81. The van der Waals surface area contributed by atoms with Crippen molar-refractivity contribution in [2.45, 2.75) is 41.1 Å². The van der Waals surface area contributed by atoms with Gasteiger partial charge in [0.15, 0.2) is 0 Å². The summed E-state index contributed by atoms with van der Waals surface area (Å²) in [5.74, 6) is 0. The van der Waals surface area contributed by atoms with E-state index in [2.05, 4.69) is 31.9 Å². The third-order valence-electron chi connectivity index (χ3n) is 2.36. The molecule has 0 aromatic rings. The van der Waals surface area contributed by atoms with Gasteiger partial charge >= 0.3 is 0 Å². The van der Waals surface area contributed by atoms with E-state index in [4.69, 9.17) is 4.74 Å². The van der Waals surface area contributed by atoms with E-state index in [1.165, 1.54) is 19.3 Å². The maximum absolute atomic E-state index is 5.77. The smallest absolute Gasteiger partial charge is 0.123 e. The van der Waals surface area contributed by atoms with Gasteiger partial charge in [0.2, 0.25) is 0 Å². The van der Waals surface area contributed by atoms with E-state index in [1.807, 2.05) is 0 Å². The van der Waals surface area contributed by atoms with Gasteiger partial charge in [-0.15, -0.1) is 0 Å². The monoisotopic (exact) mass is 268 g/mol. The Labute approximate surface area is 77.8 Å². The minimum absolute atomic E-state index is 0.0575. The molecule has 2 fully saturated rings. The van der Waals surface area contributed by atoms with Crippen LogP contribution in [-0.4, -0.2) is 15.4 Å². The molecule has 0 spiro atoms. The summed E-state index contributed by atoms with van der Waals surface area (Å²) in [6.07, 6.45) is 5.25. The van der Waals surface area contributed by atoms with Gasteiger partial charge in [-0.1, -0.05) is 31.9 Å². The highest BCUT2D eigenvalue weighted by Gasteiger charge is 2.44. The van der Waals surface area contributed by atoms with Gasteiger partial charge in [-0.2, -0.15) is 0 Å². The van der Waals surface area contributed by atoms with Crippen LogP contribution in [0.25, 0.3) is 0 Å². The van der Waals surface area contributed by atoms with Crippen LogP contribution in [0, 0.1) is 0 Å². The first-order chi connectivity index (χ1) is 4.70. The molecule has 3 atom stereocenters. The zero-order chi connectivity index (χ0) is 7.19. The van der Waals surface area contributed by atoms with Crippen molar-refractivity contribution in [1.82, 2.24) is 0 Å². The Balaban J connectivity index is 2.12. The van der Waals surface area contributed by atoms with Gasteiger partial charge in [-0.05, 0) is 25.7 Å². The fourth-order valence-electron chi connectivity index (χ4n) is 1.72. The zero-order valence-corrected chi connectivity index (χ0v) is 8.82. The molecular formula is C7H10Br2O. The highest BCUT2D eigenvalue weighted by atomic mass is 79.9. The van der Waals surface area contributed by atoms with Crippen LogP contribution in [0.5, 0.6) is 0 Å². The van der Waals surface area contributed by atoms with E-state index in [0.717, 1.165) is 6.42 Å². The first kappa shape index (κ1) is 7.56. The second-order valence-electron chi connectivity index (χ2n) is 3.13. The fraction of sp³-hybridized carbons (Fsp3) is 1.00. The average Bonchev–Trinajstić information content (AvgIpc) is 2.23. The molecular weight excluding hydrogens is 260 g/mol. The van der Waals surface area contributed by atoms with Crippen LogP contribution < -0.4 is 0 Å². The number of halogens is 2. The average molecular weight is 270 g/mol. The van der Waals surface area contributed by atoms with Crippen LogP contribution in [-0.2, 0) is 4.74 Å². The lowest BCUT2D eigenvalue weighted by atomic mass is 10.1. The van der Waals surface area contributed by atoms with Crippen molar-refractivity contribution in [2.75, 3.05) is 0 Å². The van der Waals surface area contributed by atoms with Gasteiger partial charge in [-0.3, -0.25) is 0 Å². The predicted molar refractivity (Wildman–Crippen MR) is 47.7 cm³/mol. The summed E-state index contributed by atoms with van der Waals surface area (Å²) in [5, 5.41) is 0. The van der Waals surface area contributed by atoms with Crippen LogP contribution in [0.2, 0.25) is 0 Å². The molecule has 58 valence electrons. The third kappa shape index (κ3) is 1.16.